The predicted octanol–water partition coefficient (Wildman–Crippen LogP) is 4.21. The van der Waals surface area contributed by atoms with E-state index in [0.717, 1.165) is 10.9 Å². The number of halogens is 4. The van der Waals surface area contributed by atoms with E-state index in [9.17, 15) is 22.4 Å². The minimum atomic E-state index is -4.54. The molecule has 1 aromatic heterocycles. The molecule has 5 nitrogen and oxygen atoms in total. The third-order valence-corrected chi connectivity index (χ3v) is 4.24. The van der Waals surface area contributed by atoms with Crippen molar-refractivity contribution >= 4 is 11.7 Å². The molecule has 2 N–H and O–H groups in total. The molecule has 0 spiro atoms. The van der Waals surface area contributed by atoms with Crippen LogP contribution < -0.4 is 10.6 Å². The number of carbonyl (C=O) groups is 1. The molecule has 0 unspecified atom stereocenters. The summed E-state index contributed by atoms with van der Waals surface area (Å²) in [5, 5.41) is 9.50. The molecule has 0 saturated heterocycles. The number of benzene rings is 1. The van der Waals surface area contributed by atoms with Crippen molar-refractivity contribution < 1.29 is 22.4 Å². The highest BCUT2D eigenvalue weighted by molar-refractivity contribution is 5.99. The first kappa shape index (κ1) is 19.2. The molecule has 1 amide bonds. The zero-order valence-corrected chi connectivity index (χ0v) is 15.1. The van der Waals surface area contributed by atoms with E-state index in [4.69, 9.17) is 0 Å². The minimum Gasteiger partial charge on any atom is -0.363 e. The Morgan fingerprint density at radius 2 is 1.85 bits per heavy atom. The highest BCUT2D eigenvalue weighted by Crippen LogP contribution is 2.44. The summed E-state index contributed by atoms with van der Waals surface area (Å²) in [7, 11) is 0. The molecule has 0 fully saturated rings. The van der Waals surface area contributed by atoms with Crippen LogP contribution in [0.15, 0.2) is 30.5 Å². The van der Waals surface area contributed by atoms with Gasteiger partial charge in [-0.05, 0) is 38.5 Å². The summed E-state index contributed by atoms with van der Waals surface area (Å²) in [4.78, 5) is 12.5. The van der Waals surface area contributed by atoms with Crippen LogP contribution >= 0.6 is 0 Å². The topological polar surface area (TPSA) is 59.0 Å². The van der Waals surface area contributed by atoms with Gasteiger partial charge in [-0.2, -0.15) is 18.3 Å². The fourth-order valence-corrected chi connectivity index (χ4v) is 3.05. The second-order valence-electron chi connectivity index (χ2n) is 7.60. The van der Waals surface area contributed by atoms with Gasteiger partial charge in [0.05, 0.1) is 12.2 Å². The summed E-state index contributed by atoms with van der Waals surface area (Å²) >= 11 is 0. The summed E-state index contributed by atoms with van der Waals surface area (Å²) in [5.41, 5.74) is -0.0216. The van der Waals surface area contributed by atoms with Crippen LogP contribution in [0.4, 0.5) is 23.4 Å². The van der Waals surface area contributed by atoms with Crippen molar-refractivity contribution in [3.63, 3.8) is 0 Å². The van der Waals surface area contributed by atoms with Crippen LogP contribution in [0, 0.1) is 5.82 Å². The molecule has 3 rings (SSSR count). The summed E-state index contributed by atoms with van der Waals surface area (Å²) in [5.74, 6) is -0.992. The zero-order chi connectivity index (χ0) is 20.0. The maximum atomic E-state index is 13.6. The summed E-state index contributed by atoms with van der Waals surface area (Å²) in [6, 6.07) is 2.63. The average molecular weight is 384 g/mol. The Hall–Kier alpha value is -2.58. The van der Waals surface area contributed by atoms with E-state index in [-0.39, 0.29) is 17.8 Å². The van der Waals surface area contributed by atoms with E-state index >= 15 is 0 Å². The van der Waals surface area contributed by atoms with Gasteiger partial charge < -0.3 is 10.6 Å². The average Bonchev–Trinajstić information content (AvgIpc) is 2.96. The van der Waals surface area contributed by atoms with Crippen LogP contribution in [0.25, 0.3) is 0 Å². The number of nitrogens with one attached hydrogen (secondary N) is 2. The molecule has 0 bridgehead atoms. The Labute approximate surface area is 153 Å². The van der Waals surface area contributed by atoms with Crippen molar-refractivity contribution in [1.29, 1.82) is 0 Å². The summed E-state index contributed by atoms with van der Waals surface area (Å²) in [6.45, 7) is 5.32. The third-order valence-electron chi connectivity index (χ3n) is 4.24. The first-order valence-electron chi connectivity index (χ1n) is 8.44. The van der Waals surface area contributed by atoms with Crippen molar-refractivity contribution in [2.75, 3.05) is 5.32 Å². The van der Waals surface area contributed by atoms with Gasteiger partial charge in [0, 0.05) is 12.0 Å². The lowest BCUT2D eigenvalue weighted by molar-refractivity contribution is -0.173. The van der Waals surface area contributed by atoms with Crippen LogP contribution in [0.1, 0.15) is 55.2 Å². The van der Waals surface area contributed by atoms with E-state index in [2.05, 4.69) is 15.7 Å². The Kier molecular flexibility index (Phi) is 4.65. The lowest BCUT2D eigenvalue weighted by Crippen LogP contribution is -2.41. The maximum Gasteiger partial charge on any atom is 0.410 e. The Balaban J connectivity index is 2.01. The molecule has 9 heteroatoms. The van der Waals surface area contributed by atoms with E-state index in [1.165, 1.54) is 24.3 Å². The number of amides is 1. The molecular formula is C18H20F4N4O. The summed E-state index contributed by atoms with van der Waals surface area (Å²) in [6.07, 6.45) is -3.72. The first-order valence-corrected chi connectivity index (χ1v) is 8.44. The molecule has 0 radical (unpaired) electrons. The van der Waals surface area contributed by atoms with Gasteiger partial charge >= 0.3 is 6.18 Å². The van der Waals surface area contributed by atoms with E-state index in [1.54, 1.807) is 20.8 Å². The van der Waals surface area contributed by atoms with Gasteiger partial charge in [-0.15, -0.1) is 0 Å². The van der Waals surface area contributed by atoms with E-state index in [1.807, 2.05) is 0 Å². The van der Waals surface area contributed by atoms with Gasteiger partial charge in [0.1, 0.15) is 17.2 Å². The van der Waals surface area contributed by atoms with Gasteiger partial charge in [0.2, 0.25) is 0 Å². The van der Waals surface area contributed by atoms with Crippen molar-refractivity contribution in [1.82, 2.24) is 15.1 Å². The molecule has 0 aliphatic carbocycles. The molecule has 1 aliphatic heterocycles. The minimum absolute atomic E-state index is 0.000324. The van der Waals surface area contributed by atoms with Crippen molar-refractivity contribution in [3.8, 4) is 0 Å². The fraction of sp³-hybridized carbons (Fsp3) is 0.444. The second-order valence-corrected chi connectivity index (χ2v) is 7.60. The second kappa shape index (κ2) is 6.54. The van der Waals surface area contributed by atoms with Gasteiger partial charge in [0.25, 0.3) is 5.91 Å². The molecule has 27 heavy (non-hydrogen) atoms. The number of rotatable bonds is 2. The molecule has 1 aliphatic rings. The molecule has 2 aromatic rings. The largest absolute Gasteiger partial charge is 0.410 e. The molecule has 146 valence electrons. The molecule has 2 heterocycles. The number of carbonyl (C=O) groups excluding carboxylic acids is 1. The van der Waals surface area contributed by atoms with Crippen LogP contribution in [-0.4, -0.2) is 27.4 Å². The van der Waals surface area contributed by atoms with Crippen LogP contribution in [0.5, 0.6) is 0 Å². The molecule has 2 atom stereocenters. The van der Waals surface area contributed by atoms with Crippen molar-refractivity contribution in [2.45, 2.75) is 51.0 Å². The number of nitrogens with zero attached hydrogens (tertiary/aromatic N) is 2. The van der Waals surface area contributed by atoms with Crippen LogP contribution in [0.2, 0.25) is 0 Å². The Morgan fingerprint density at radius 3 is 2.41 bits per heavy atom. The lowest BCUT2D eigenvalue weighted by Gasteiger charge is -2.34. The van der Waals surface area contributed by atoms with Gasteiger partial charge in [-0.1, -0.05) is 12.1 Å². The molecule has 1 aromatic carbocycles. The zero-order valence-electron chi connectivity index (χ0n) is 15.1. The number of hydrogen-bond acceptors (Lipinski definition) is 3. The van der Waals surface area contributed by atoms with E-state index < -0.39 is 35.5 Å². The number of fused-ring (bicyclic) bond motifs is 1. The lowest BCUT2D eigenvalue weighted by atomic mass is 9.96. The first-order chi connectivity index (χ1) is 12.5. The number of anilines is 1. The van der Waals surface area contributed by atoms with E-state index in [0.29, 0.717) is 5.56 Å². The Morgan fingerprint density at radius 1 is 1.22 bits per heavy atom. The number of aromatic nitrogens is 2. The fourth-order valence-electron chi connectivity index (χ4n) is 3.05. The maximum absolute atomic E-state index is 13.6. The van der Waals surface area contributed by atoms with Gasteiger partial charge in [0.15, 0.2) is 6.04 Å². The highest BCUT2D eigenvalue weighted by Gasteiger charge is 2.47. The van der Waals surface area contributed by atoms with Gasteiger partial charge in [-0.3, -0.25) is 4.79 Å². The smallest absolute Gasteiger partial charge is 0.363 e. The van der Waals surface area contributed by atoms with Crippen molar-refractivity contribution in [2.24, 2.45) is 0 Å². The predicted molar refractivity (Wildman–Crippen MR) is 91.9 cm³/mol. The van der Waals surface area contributed by atoms with Crippen LogP contribution in [0.3, 0.4) is 0 Å². The quantitative estimate of drug-likeness (QED) is 0.763. The number of hydrogen-bond donors (Lipinski definition) is 2. The summed E-state index contributed by atoms with van der Waals surface area (Å²) < 4.78 is 54.8. The highest BCUT2D eigenvalue weighted by atomic mass is 19.4. The van der Waals surface area contributed by atoms with Gasteiger partial charge in [-0.25, -0.2) is 9.07 Å². The normalized spacial score (nSPS) is 20.0. The SMILES string of the molecule is CC(C)(C)NC(=O)c1cnn2c1N[C@H](c1ccc(F)cc1)C[C@H]2C(F)(F)F. The van der Waals surface area contributed by atoms with Crippen molar-refractivity contribution in [3.05, 3.63) is 47.4 Å². The Bertz CT molecular complexity index is 837. The monoisotopic (exact) mass is 384 g/mol. The third kappa shape index (κ3) is 4.06. The number of alkyl halides is 3. The molecule has 0 saturated carbocycles. The van der Waals surface area contributed by atoms with Crippen LogP contribution in [-0.2, 0) is 0 Å². The molecular weight excluding hydrogens is 364 g/mol. The standard InChI is InChI=1S/C18H20F4N4O/c1-17(2,3)25-16(27)12-9-23-26-14(18(20,21)22)8-13(24-15(12)26)10-4-6-11(19)7-5-10/h4-7,9,13-14,24H,8H2,1-3H3,(H,25,27)/t13-,14-/m0/s1.